The van der Waals surface area contributed by atoms with Crippen LogP contribution < -0.4 is 0 Å². The van der Waals surface area contributed by atoms with Crippen LogP contribution in [0.5, 0.6) is 0 Å². The average Bonchev–Trinajstić information content (AvgIpc) is 2.59. The minimum atomic E-state index is -3.47. The lowest BCUT2D eigenvalue weighted by atomic mass is 10.3. The van der Waals surface area contributed by atoms with Gasteiger partial charge in [0.1, 0.15) is 4.21 Å². The van der Waals surface area contributed by atoms with Crippen LogP contribution in [0.1, 0.15) is 0 Å². The molecule has 0 fully saturated rings. The number of hydrogen-bond acceptors (Lipinski definition) is 3. The van der Waals surface area contributed by atoms with Crippen LogP contribution in [0.4, 0.5) is 0 Å². The van der Waals surface area contributed by atoms with Crippen molar-refractivity contribution >= 4 is 79.1 Å². The zero-order chi connectivity index (χ0) is 12.0. The second-order valence-corrected chi connectivity index (χ2v) is 14.8. The Kier molecular flexibility index (Phi) is 3.54. The van der Waals surface area contributed by atoms with E-state index in [0.717, 1.165) is 10.1 Å². The fourth-order valence-electron chi connectivity index (χ4n) is 1.20. The second kappa shape index (κ2) is 4.35. The van der Waals surface area contributed by atoms with Crippen molar-refractivity contribution in [2.24, 2.45) is 0 Å². The lowest BCUT2D eigenvalue weighted by Crippen LogP contribution is -2.16. The largest absolute Gasteiger partial charge is 0.240 e. The molecule has 0 aliphatic heterocycles. The summed E-state index contributed by atoms with van der Waals surface area (Å²) in [5.41, 5.74) is 0. The highest BCUT2D eigenvalue weighted by Crippen LogP contribution is 2.45. The minimum absolute atomic E-state index is 0.319. The lowest BCUT2D eigenvalue weighted by Gasteiger charge is -2.10. The third-order valence-electron chi connectivity index (χ3n) is 1.97. The SMILES string of the molecule is O=S(=O)(c1cc2ccccc2s1)C(Br)(Br)Br. The summed E-state index contributed by atoms with van der Waals surface area (Å²) >= 11 is 10.4. The van der Waals surface area contributed by atoms with Gasteiger partial charge in [0.05, 0.1) is 0 Å². The Labute approximate surface area is 122 Å². The number of alkyl halides is 3. The zero-order valence-corrected chi connectivity index (χ0v) is 14.0. The highest BCUT2D eigenvalue weighted by atomic mass is 80.0. The maximum absolute atomic E-state index is 12.1. The molecule has 16 heavy (non-hydrogen) atoms. The van der Waals surface area contributed by atoms with Crippen molar-refractivity contribution in [2.75, 3.05) is 0 Å². The fourth-order valence-corrected chi connectivity index (χ4v) is 6.13. The number of hydrogen-bond donors (Lipinski definition) is 0. The molecule has 7 heteroatoms. The van der Waals surface area contributed by atoms with E-state index in [1.807, 2.05) is 24.3 Å². The summed E-state index contributed by atoms with van der Waals surface area (Å²) in [6.07, 6.45) is 0. The first-order chi connectivity index (χ1) is 7.32. The molecule has 2 aromatic rings. The number of thiophene rings is 1. The van der Waals surface area contributed by atoms with Gasteiger partial charge in [-0.3, -0.25) is 0 Å². The smallest absolute Gasteiger partial charge is 0.220 e. The van der Waals surface area contributed by atoms with Crippen LogP contribution in [0.3, 0.4) is 0 Å². The summed E-state index contributed by atoms with van der Waals surface area (Å²) in [5.74, 6) is 0. The molecule has 1 aromatic heterocycles. The highest BCUT2D eigenvalue weighted by Gasteiger charge is 2.38. The van der Waals surface area contributed by atoms with E-state index in [1.54, 1.807) is 6.07 Å². The first kappa shape index (κ1) is 13.0. The van der Waals surface area contributed by atoms with Gasteiger partial charge in [0.15, 0.2) is 0 Å². The summed E-state index contributed by atoms with van der Waals surface area (Å²) < 4.78 is 24.2. The monoisotopic (exact) mass is 446 g/mol. The van der Waals surface area contributed by atoms with E-state index in [0.29, 0.717) is 4.21 Å². The zero-order valence-electron chi connectivity index (χ0n) is 7.65. The molecule has 0 aliphatic rings. The summed E-state index contributed by atoms with van der Waals surface area (Å²) in [7, 11) is -3.47. The van der Waals surface area contributed by atoms with Gasteiger partial charge in [-0.1, -0.05) is 18.2 Å². The van der Waals surface area contributed by atoms with Crippen molar-refractivity contribution < 1.29 is 8.42 Å². The first-order valence-electron chi connectivity index (χ1n) is 4.12. The summed E-state index contributed by atoms with van der Waals surface area (Å²) in [6, 6.07) is 9.24. The van der Waals surface area contributed by atoms with Crippen molar-refractivity contribution in [3.8, 4) is 0 Å². The molecule has 0 radical (unpaired) electrons. The van der Waals surface area contributed by atoms with Crippen molar-refractivity contribution in [3.05, 3.63) is 30.3 Å². The number of benzene rings is 1. The molecule has 0 bridgehead atoms. The Morgan fingerprint density at radius 1 is 1.12 bits per heavy atom. The number of sulfone groups is 1. The molecule has 2 rings (SSSR count). The molecule has 0 N–H and O–H groups in total. The Balaban J connectivity index is 2.66. The van der Waals surface area contributed by atoms with Gasteiger partial charge in [-0.25, -0.2) is 8.42 Å². The van der Waals surface area contributed by atoms with Crippen LogP contribution in [-0.2, 0) is 9.84 Å². The summed E-state index contributed by atoms with van der Waals surface area (Å²) in [4.78, 5) is 0. The topological polar surface area (TPSA) is 34.1 Å². The average molecular weight is 449 g/mol. The Hall–Kier alpha value is 0.570. The third-order valence-corrected chi connectivity index (χ3v) is 8.88. The van der Waals surface area contributed by atoms with Crippen LogP contribution in [0, 0.1) is 0 Å². The fraction of sp³-hybridized carbons (Fsp3) is 0.111. The van der Waals surface area contributed by atoms with Gasteiger partial charge in [-0.15, -0.1) is 11.3 Å². The number of rotatable bonds is 1. The van der Waals surface area contributed by atoms with Crippen molar-refractivity contribution in [1.82, 2.24) is 0 Å². The van der Waals surface area contributed by atoms with Gasteiger partial charge < -0.3 is 0 Å². The molecule has 0 saturated heterocycles. The Morgan fingerprint density at radius 3 is 2.31 bits per heavy atom. The van der Waals surface area contributed by atoms with E-state index in [2.05, 4.69) is 47.8 Å². The van der Waals surface area contributed by atoms with Crippen molar-refractivity contribution in [1.29, 1.82) is 0 Å². The second-order valence-electron chi connectivity index (χ2n) is 3.05. The third kappa shape index (κ3) is 2.25. The molecule has 86 valence electrons. The van der Waals surface area contributed by atoms with E-state index in [-0.39, 0.29) is 0 Å². The van der Waals surface area contributed by atoms with Crippen LogP contribution >= 0.6 is 59.1 Å². The minimum Gasteiger partial charge on any atom is -0.220 e. The molecule has 1 heterocycles. The first-order valence-corrected chi connectivity index (χ1v) is 8.80. The predicted octanol–water partition coefficient (Wildman–Crippen LogP) is 4.47. The van der Waals surface area contributed by atoms with E-state index in [4.69, 9.17) is 0 Å². The molecule has 0 spiro atoms. The van der Waals surface area contributed by atoms with Crippen molar-refractivity contribution in [3.63, 3.8) is 0 Å². The molecule has 0 aliphatic carbocycles. The van der Waals surface area contributed by atoms with Crippen molar-refractivity contribution in [2.45, 2.75) is 5.68 Å². The van der Waals surface area contributed by atoms with Gasteiger partial charge in [0.25, 0.3) is 0 Å². The van der Waals surface area contributed by atoms with Crippen LogP contribution in [-0.4, -0.2) is 9.89 Å². The normalized spacial score (nSPS) is 13.2. The standard InChI is InChI=1S/C9H5Br3O2S2/c10-9(11,12)16(13,14)8-5-6-3-1-2-4-7(6)15-8/h1-5H. The molecule has 0 unspecified atom stereocenters. The van der Waals surface area contributed by atoms with Crippen LogP contribution in [0.2, 0.25) is 0 Å². The maximum Gasteiger partial charge on any atom is 0.240 e. The highest BCUT2D eigenvalue weighted by molar-refractivity contribution is 9.42. The molecule has 0 amide bonds. The molecule has 1 aromatic carbocycles. The van der Waals surface area contributed by atoms with Gasteiger partial charge in [-0.2, -0.15) is 0 Å². The number of halogens is 3. The van der Waals surface area contributed by atoms with Crippen LogP contribution in [0.25, 0.3) is 10.1 Å². The molecule has 0 atom stereocenters. The van der Waals surface area contributed by atoms with Gasteiger partial charge in [0.2, 0.25) is 11.3 Å². The molecule has 2 nitrogen and oxygen atoms in total. The van der Waals surface area contributed by atoms with Gasteiger partial charge >= 0.3 is 0 Å². The van der Waals surface area contributed by atoms with E-state index < -0.39 is 11.3 Å². The van der Waals surface area contributed by atoms with Gasteiger partial charge in [-0.05, 0) is 65.3 Å². The maximum atomic E-state index is 12.1. The lowest BCUT2D eigenvalue weighted by molar-refractivity contribution is 0.601. The van der Waals surface area contributed by atoms with Gasteiger partial charge in [0, 0.05) is 4.70 Å². The summed E-state index contributed by atoms with van der Waals surface area (Å²) in [5, 5.41) is 0.933. The van der Waals surface area contributed by atoms with E-state index in [1.165, 1.54) is 11.3 Å². The molecule has 0 saturated carbocycles. The van der Waals surface area contributed by atoms with Crippen LogP contribution in [0.15, 0.2) is 34.5 Å². The quantitative estimate of drug-likeness (QED) is 0.603. The molecular formula is C9H5Br3O2S2. The predicted molar refractivity (Wildman–Crippen MR) is 78.5 cm³/mol. The van der Waals surface area contributed by atoms with E-state index in [9.17, 15) is 8.42 Å². The molecular weight excluding hydrogens is 444 g/mol. The Bertz CT molecular complexity index is 592. The Morgan fingerprint density at radius 2 is 1.75 bits per heavy atom. The number of fused-ring (bicyclic) bond motifs is 1. The van der Waals surface area contributed by atoms with E-state index >= 15 is 0 Å². The summed E-state index contributed by atoms with van der Waals surface area (Å²) in [6.45, 7) is 0.